The van der Waals surface area contributed by atoms with Gasteiger partial charge in [-0.05, 0) is 24.3 Å². The van der Waals surface area contributed by atoms with Crippen LogP contribution in [0.2, 0.25) is 10.0 Å². The second-order valence-corrected chi connectivity index (χ2v) is 6.79. The van der Waals surface area contributed by atoms with Crippen molar-refractivity contribution in [2.24, 2.45) is 0 Å². The number of nitrogens with one attached hydrogen (secondary N) is 1. The fourth-order valence-electron chi connectivity index (χ4n) is 2.21. The van der Waals surface area contributed by atoms with E-state index < -0.39 is 0 Å². The average molecular weight is 396 g/mol. The lowest BCUT2D eigenvalue weighted by atomic mass is 10.3. The molecule has 0 spiro atoms. The first-order valence-corrected chi connectivity index (χ1v) is 9.29. The van der Waals surface area contributed by atoms with E-state index in [1.165, 1.54) is 11.8 Å². The van der Waals surface area contributed by atoms with Crippen LogP contribution in [0.3, 0.4) is 0 Å². The second kappa shape index (κ2) is 7.95. The highest BCUT2D eigenvalue weighted by molar-refractivity contribution is 7.99. The zero-order chi connectivity index (χ0) is 17.8. The van der Waals surface area contributed by atoms with Gasteiger partial charge in [0.1, 0.15) is 0 Å². The minimum Gasteiger partial charge on any atom is -0.324 e. The number of halogens is 2. The van der Waals surface area contributed by atoms with Gasteiger partial charge < -0.3 is 5.32 Å². The topological polar surface area (TPSA) is 64.7 Å². The maximum atomic E-state index is 12.2. The minimum atomic E-state index is -0.200. The molecule has 0 aliphatic heterocycles. The Balaban J connectivity index is 1.71. The van der Waals surface area contributed by atoms with Gasteiger partial charge in [-0.3, -0.25) is 9.47 Å². The Morgan fingerprint density at radius 2 is 1.96 bits per heavy atom. The van der Waals surface area contributed by atoms with Gasteiger partial charge in [0, 0.05) is 18.8 Å². The summed E-state index contributed by atoms with van der Waals surface area (Å²) in [5.74, 6) is 0.789. The third kappa shape index (κ3) is 4.00. The first kappa shape index (κ1) is 17.8. The number of aryl methyl sites for hydroxylation is 1. The predicted molar refractivity (Wildman–Crippen MR) is 100 cm³/mol. The fraction of sp³-hybridized carbons (Fsp3) is 0.188. The van der Waals surface area contributed by atoms with Crippen LogP contribution < -0.4 is 5.32 Å². The third-order valence-electron chi connectivity index (χ3n) is 3.37. The number of hydrogen-bond donors (Lipinski definition) is 1. The van der Waals surface area contributed by atoms with Gasteiger partial charge in [0.15, 0.2) is 5.82 Å². The van der Waals surface area contributed by atoms with Crippen LogP contribution in [0.4, 0.5) is 5.69 Å². The van der Waals surface area contributed by atoms with Crippen molar-refractivity contribution < 1.29 is 4.79 Å². The predicted octanol–water partition coefficient (Wildman–Crippen LogP) is 3.99. The summed E-state index contributed by atoms with van der Waals surface area (Å²) in [5, 5.41) is 12.5. The van der Waals surface area contributed by atoms with E-state index in [1.807, 2.05) is 40.8 Å². The Hall–Kier alpha value is -1.96. The molecular formula is C16H15Cl2N5OS. The number of benzene rings is 1. The molecule has 0 saturated carbocycles. The molecule has 0 aliphatic rings. The number of hydrogen-bond acceptors (Lipinski definition) is 4. The lowest BCUT2D eigenvalue weighted by Gasteiger charge is -2.11. The average Bonchev–Trinajstić information content (AvgIpc) is 3.25. The Bertz CT molecular complexity index is 879. The van der Waals surface area contributed by atoms with Crippen molar-refractivity contribution in [3.05, 3.63) is 58.6 Å². The van der Waals surface area contributed by atoms with Crippen LogP contribution >= 0.6 is 35.0 Å². The number of rotatable bonds is 6. The first-order chi connectivity index (χ1) is 12.1. The lowest BCUT2D eigenvalue weighted by molar-refractivity contribution is -0.113. The van der Waals surface area contributed by atoms with Crippen molar-refractivity contribution >= 4 is 46.6 Å². The Kier molecular flexibility index (Phi) is 5.67. The van der Waals surface area contributed by atoms with Crippen LogP contribution in [0.5, 0.6) is 0 Å². The molecule has 0 radical (unpaired) electrons. The quantitative estimate of drug-likeness (QED) is 0.640. The van der Waals surface area contributed by atoms with E-state index in [0.29, 0.717) is 20.9 Å². The van der Waals surface area contributed by atoms with Crippen LogP contribution in [0.25, 0.3) is 0 Å². The summed E-state index contributed by atoms with van der Waals surface area (Å²) in [6, 6.07) is 8.94. The van der Waals surface area contributed by atoms with Gasteiger partial charge in [-0.15, -0.1) is 10.2 Å². The largest absolute Gasteiger partial charge is 0.324 e. The second-order valence-electron chi connectivity index (χ2n) is 5.07. The number of carbonyl (C=O) groups excluding carboxylic acids is 1. The molecule has 1 aromatic carbocycles. The maximum absolute atomic E-state index is 12.2. The van der Waals surface area contributed by atoms with Gasteiger partial charge >= 0.3 is 0 Å². The smallest absolute Gasteiger partial charge is 0.234 e. The molecule has 0 saturated heterocycles. The van der Waals surface area contributed by atoms with Crippen molar-refractivity contribution in [1.82, 2.24) is 19.5 Å². The molecule has 2 heterocycles. The van der Waals surface area contributed by atoms with Crippen LogP contribution in [0, 0.1) is 0 Å². The molecule has 1 amide bonds. The monoisotopic (exact) mass is 395 g/mol. The van der Waals surface area contributed by atoms with Gasteiger partial charge in [0.2, 0.25) is 11.1 Å². The zero-order valence-corrected chi connectivity index (χ0v) is 15.6. The van der Waals surface area contributed by atoms with E-state index in [2.05, 4.69) is 15.5 Å². The summed E-state index contributed by atoms with van der Waals surface area (Å²) in [4.78, 5) is 12.2. The minimum absolute atomic E-state index is 0.173. The van der Waals surface area contributed by atoms with E-state index in [1.54, 1.807) is 18.2 Å². The van der Waals surface area contributed by atoms with Crippen molar-refractivity contribution in [3.8, 4) is 0 Å². The standard InChI is InChI=1S/C16H15Cl2N5OS/c1-2-13-20-21-16(23(13)22-8-3-4-9-22)25-10-14(24)19-12-7-5-6-11(17)15(12)18/h3-9H,2,10H2,1H3,(H,19,24). The van der Waals surface area contributed by atoms with Gasteiger partial charge in [0.05, 0.1) is 21.5 Å². The Morgan fingerprint density at radius 3 is 2.68 bits per heavy atom. The van der Waals surface area contributed by atoms with Gasteiger partial charge in [0.25, 0.3) is 0 Å². The molecule has 25 heavy (non-hydrogen) atoms. The van der Waals surface area contributed by atoms with Crippen LogP contribution in [-0.4, -0.2) is 31.2 Å². The van der Waals surface area contributed by atoms with Crippen molar-refractivity contribution in [2.75, 3.05) is 11.1 Å². The molecule has 130 valence electrons. The number of thioether (sulfide) groups is 1. The number of amides is 1. The van der Waals surface area contributed by atoms with Gasteiger partial charge in [-0.25, -0.2) is 4.68 Å². The molecule has 2 aromatic heterocycles. The molecule has 3 aromatic rings. The summed E-state index contributed by atoms with van der Waals surface area (Å²) in [7, 11) is 0. The van der Waals surface area contributed by atoms with Crippen LogP contribution in [0.1, 0.15) is 12.7 Å². The Morgan fingerprint density at radius 1 is 1.20 bits per heavy atom. The number of nitrogens with zero attached hydrogens (tertiary/aromatic N) is 4. The number of carbonyl (C=O) groups is 1. The molecular weight excluding hydrogens is 381 g/mol. The molecule has 3 rings (SSSR count). The summed E-state index contributed by atoms with van der Waals surface area (Å²) >= 11 is 13.3. The highest BCUT2D eigenvalue weighted by atomic mass is 35.5. The van der Waals surface area contributed by atoms with Gasteiger partial charge in [-0.1, -0.05) is 48.0 Å². The molecule has 6 nitrogen and oxygen atoms in total. The highest BCUT2D eigenvalue weighted by Gasteiger charge is 2.15. The number of anilines is 1. The molecule has 9 heteroatoms. The van der Waals surface area contributed by atoms with E-state index in [9.17, 15) is 4.79 Å². The van der Waals surface area contributed by atoms with E-state index >= 15 is 0 Å². The van der Waals surface area contributed by atoms with Gasteiger partial charge in [-0.2, -0.15) is 0 Å². The maximum Gasteiger partial charge on any atom is 0.234 e. The Labute approximate surface area is 159 Å². The highest BCUT2D eigenvalue weighted by Crippen LogP contribution is 2.29. The van der Waals surface area contributed by atoms with Crippen molar-refractivity contribution in [1.29, 1.82) is 0 Å². The van der Waals surface area contributed by atoms with Crippen molar-refractivity contribution in [3.63, 3.8) is 0 Å². The first-order valence-electron chi connectivity index (χ1n) is 7.54. The lowest BCUT2D eigenvalue weighted by Crippen LogP contribution is -2.16. The van der Waals surface area contributed by atoms with E-state index in [-0.39, 0.29) is 11.7 Å². The molecule has 0 unspecified atom stereocenters. The van der Waals surface area contributed by atoms with Crippen LogP contribution in [0.15, 0.2) is 47.9 Å². The molecule has 1 N–H and O–H groups in total. The fourth-order valence-corrected chi connectivity index (χ4v) is 3.31. The molecule has 0 aliphatic carbocycles. The summed E-state index contributed by atoms with van der Waals surface area (Å²) in [6.07, 6.45) is 4.53. The molecule has 0 fully saturated rings. The normalized spacial score (nSPS) is 10.8. The molecule has 0 atom stereocenters. The summed E-state index contributed by atoms with van der Waals surface area (Å²) < 4.78 is 3.76. The third-order valence-corrected chi connectivity index (χ3v) is 5.11. The van der Waals surface area contributed by atoms with Crippen molar-refractivity contribution in [2.45, 2.75) is 18.5 Å². The van der Waals surface area contributed by atoms with E-state index in [4.69, 9.17) is 23.2 Å². The zero-order valence-electron chi connectivity index (χ0n) is 13.3. The van der Waals surface area contributed by atoms with E-state index in [0.717, 1.165) is 12.2 Å². The number of aromatic nitrogens is 4. The summed E-state index contributed by atoms with van der Waals surface area (Å²) in [6.45, 7) is 2.01. The van der Waals surface area contributed by atoms with Crippen LogP contribution in [-0.2, 0) is 11.2 Å². The summed E-state index contributed by atoms with van der Waals surface area (Å²) in [5.41, 5.74) is 0.487. The molecule has 0 bridgehead atoms. The SMILES string of the molecule is CCc1nnc(SCC(=O)Nc2cccc(Cl)c2Cl)n1-n1cccc1.